The molecule has 2 rings (SSSR count). The maximum Gasteiger partial charge on any atom is 0.115 e. The van der Waals surface area contributed by atoms with Crippen LogP contribution in [0.4, 0.5) is 0 Å². The third-order valence-corrected chi connectivity index (χ3v) is 2.73. The smallest absolute Gasteiger partial charge is 0.115 e. The maximum absolute atomic E-state index is 10.1. The number of hydrogen-bond donors (Lipinski definition) is 2. The molecular formula is C11H15NO. The first-order valence-corrected chi connectivity index (χ1v) is 4.78. The maximum atomic E-state index is 10.1. The molecule has 1 aromatic carbocycles. The average Bonchev–Trinajstić information content (AvgIpc) is 2.14. The Bertz CT molecular complexity index is 305. The molecule has 2 nitrogen and oxygen atoms in total. The van der Waals surface area contributed by atoms with E-state index in [1.54, 1.807) is 0 Å². The summed E-state index contributed by atoms with van der Waals surface area (Å²) in [7, 11) is 0. The Hall–Kier alpha value is -0.860. The summed E-state index contributed by atoms with van der Waals surface area (Å²) in [6, 6.07) is 8.13. The lowest BCUT2D eigenvalue weighted by atomic mass is 9.84. The van der Waals surface area contributed by atoms with Crippen LogP contribution in [-0.2, 0) is 12.0 Å². The molecule has 13 heavy (non-hydrogen) atoms. The molecule has 0 amide bonds. The largest absolute Gasteiger partial charge is 0.382 e. The summed E-state index contributed by atoms with van der Waals surface area (Å²) in [6.07, 6.45) is 0.985. The van der Waals surface area contributed by atoms with Gasteiger partial charge >= 0.3 is 0 Å². The normalized spacial score (nSPS) is 19.5. The van der Waals surface area contributed by atoms with E-state index in [1.165, 1.54) is 5.56 Å². The highest BCUT2D eigenvalue weighted by molar-refractivity contribution is 5.34. The Labute approximate surface area is 78.6 Å². The summed E-state index contributed by atoms with van der Waals surface area (Å²) in [4.78, 5) is 0. The van der Waals surface area contributed by atoms with Gasteiger partial charge in [0.15, 0.2) is 0 Å². The summed E-state index contributed by atoms with van der Waals surface area (Å²) < 4.78 is 0. The van der Waals surface area contributed by atoms with Gasteiger partial charge in [0, 0.05) is 13.1 Å². The van der Waals surface area contributed by atoms with Crippen molar-refractivity contribution in [3.63, 3.8) is 0 Å². The van der Waals surface area contributed by atoms with Crippen molar-refractivity contribution < 1.29 is 5.11 Å². The quantitative estimate of drug-likeness (QED) is 0.707. The monoisotopic (exact) mass is 177 g/mol. The van der Waals surface area contributed by atoms with Gasteiger partial charge in [-0.25, -0.2) is 0 Å². The van der Waals surface area contributed by atoms with Crippen LogP contribution in [0.25, 0.3) is 0 Å². The Kier molecular flexibility index (Phi) is 2.10. The molecular weight excluding hydrogens is 162 g/mol. The van der Waals surface area contributed by atoms with E-state index in [4.69, 9.17) is 0 Å². The molecule has 1 fully saturated rings. The van der Waals surface area contributed by atoms with Gasteiger partial charge < -0.3 is 10.4 Å². The van der Waals surface area contributed by atoms with Gasteiger partial charge in [0.2, 0.25) is 0 Å². The molecule has 2 N–H and O–H groups in total. The molecule has 0 aliphatic carbocycles. The Morgan fingerprint density at radius 1 is 1.38 bits per heavy atom. The first kappa shape index (κ1) is 8.73. The summed E-state index contributed by atoms with van der Waals surface area (Å²) in [5.41, 5.74) is 1.75. The summed E-state index contributed by atoms with van der Waals surface area (Å²) in [6.45, 7) is 3.49. The number of hydrogen-bond acceptors (Lipinski definition) is 2. The van der Waals surface area contributed by atoms with Gasteiger partial charge in [-0.1, -0.05) is 31.2 Å². The van der Waals surface area contributed by atoms with E-state index in [-0.39, 0.29) is 0 Å². The molecule has 0 aromatic heterocycles. The molecule has 0 atom stereocenters. The van der Waals surface area contributed by atoms with Gasteiger partial charge in [0.25, 0.3) is 0 Å². The van der Waals surface area contributed by atoms with Crippen LogP contribution >= 0.6 is 0 Å². The summed E-state index contributed by atoms with van der Waals surface area (Å²) in [5.74, 6) is 0. The topological polar surface area (TPSA) is 32.3 Å². The van der Waals surface area contributed by atoms with Crippen molar-refractivity contribution in [3.8, 4) is 0 Å². The van der Waals surface area contributed by atoms with Crippen LogP contribution in [0.3, 0.4) is 0 Å². The lowest BCUT2D eigenvalue weighted by molar-refractivity contribution is -0.0153. The standard InChI is InChI=1S/C11H15NO/c1-2-9-5-3-4-6-10(9)11(13)7-12-8-11/h3-6,12-13H,2,7-8H2,1H3. The fourth-order valence-electron chi connectivity index (χ4n) is 1.83. The highest BCUT2D eigenvalue weighted by atomic mass is 16.3. The van der Waals surface area contributed by atoms with E-state index in [9.17, 15) is 5.11 Å². The van der Waals surface area contributed by atoms with Crippen LogP contribution in [0, 0.1) is 0 Å². The first-order valence-electron chi connectivity index (χ1n) is 4.78. The van der Waals surface area contributed by atoms with Crippen LogP contribution in [0.2, 0.25) is 0 Å². The molecule has 0 saturated carbocycles. The number of nitrogens with one attached hydrogen (secondary N) is 1. The predicted octanol–water partition coefficient (Wildman–Crippen LogP) is 1.04. The van der Waals surface area contributed by atoms with E-state index >= 15 is 0 Å². The second kappa shape index (κ2) is 3.13. The minimum atomic E-state index is -0.605. The Balaban J connectivity index is 2.38. The van der Waals surface area contributed by atoms with Gasteiger partial charge in [-0.05, 0) is 17.5 Å². The molecule has 1 aromatic rings. The van der Waals surface area contributed by atoms with Crippen molar-refractivity contribution in [2.75, 3.05) is 13.1 Å². The average molecular weight is 177 g/mol. The molecule has 1 aliphatic rings. The summed E-state index contributed by atoms with van der Waals surface area (Å²) in [5, 5.41) is 13.2. The van der Waals surface area contributed by atoms with E-state index in [1.807, 2.05) is 18.2 Å². The van der Waals surface area contributed by atoms with Gasteiger partial charge in [0.05, 0.1) is 0 Å². The first-order chi connectivity index (χ1) is 6.26. The SMILES string of the molecule is CCc1ccccc1C1(O)CNC1. The van der Waals surface area contributed by atoms with Crippen molar-refractivity contribution in [1.29, 1.82) is 0 Å². The summed E-state index contributed by atoms with van der Waals surface area (Å²) >= 11 is 0. The number of benzene rings is 1. The zero-order valence-corrected chi connectivity index (χ0v) is 7.88. The molecule has 0 unspecified atom stereocenters. The van der Waals surface area contributed by atoms with Crippen LogP contribution in [0.5, 0.6) is 0 Å². The van der Waals surface area contributed by atoms with Crippen molar-refractivity contribution in [2.45, 2.75) is 18.9 Å². The number of rotatable bonds is 2. The lowest BCUT2D eigenvalue weighted by Gasteiger charge is -2.39. The zero-order valence-electron chi connectivity index (χ0n) is 7.88. The molecule has 0 spiro atoms. The van der Waals surface area contributed by atoms with Crippen molar-refractivity contribution in [1.82, 2.24) is 5.32 Å². The van der Waals surface area contributed by atoms with E-state index < -0.39 is 5.60 Å². The lowest BCUT2D eigenvalue weighted by Crippen LogP contribution is -2.57. The third kappa shape index (κ3) is 1.36. The molecule has 1 heterocycles. The second-order valence-electron chi connectivity index (χ2n) is 3.65. The highest BCUT2D eigenvalue weighted by Crippen LogP contribution is 2.28. The molecule has 1 saturated heterocycles. The minimum Gasteiger partial charge on any atom is -0.382 e. The minimum absolute atomic E-state index is 0.605. The Morgan fingerprint density at radius 3 is 2.62 bits per heavy atom. The number of β-amino-alcohol motifs (C(OH)–C–C–N with tert-alkyl or cyclic N) is 1. The van der Waals surface area contributed by atoms with Crippen LogP contribution in [0.1, 0.15) is 18.1 Å². The van der Waals surface area contributed by atoms with Crippen molar-refractivity contribution in [3.05, 3.63) is 35.4 Å². The fourth-order valence-corrected chi connectivity index (χ4v) is 1.83. The van der Waals surface area contributed by atoms with E-state index in [0.717, 1.165) is 12.0 Å². The van der Waals surface area contributed by atoms with Crippen LogP contribution in [0.15, 0.2) is 24.3 Å². The van der Waals surface area contributed by atoms with Gasteiger partial charge in [-0.2, -0.15) is 0 Å². The number of aryl methyl sites for hydroxylation is 1. The van der Waals surface area contributed by atoms with Crippen LogP contribution in [-0.4, -0.2) is 18.2 Å². The zero-order chi connectivity index (χ0) is 9.31. The molecule has 2 heteroatoms. The predicted molar refractivity (Wildman–Crippen MR) is 52.6 cm³/mol. The number of aliphatic hydroxyl groups is 1. The second-order valence-corrected chi connectivity index (χ2v) is 3.65. The highest BCUT2D eigenvalue weighted by Gasteiger charge is 2.37. The van der Waals surface area contributed by atoms with E-state index in [2.05, 4.69) is 18.3 Å². The molecule has 0 bridgehead atoms. The molecule has 70 valence electrons. The van der Waals surface area contributed by atoms with E-state index in [0.29, 0.717) is 13.1 Å². The molecule has 0 radical (unpaired) electrons. The van der Waals surface area contributed by atoms with Gasteiger partial charge in [-0.3, -0.25) is 0 Å². The van der Waals surface area contributed by atoms with Gasteiger partial charge in [-0.15, -0.1) is 0 Å². The fraction of sp³-hybridized carbons (Fsp3) is 0.455. The third-order valence-electron chi connectivity index (χ3n) is 2.73. The van der Waals surface area contributed by atoms with Crippen molar-refractivity contribution in [2.24, 2.45) is 0 Å². The van der Waals surface area contributed by atoms with Crippen LogP contribution < -0.4 is 5.32 Å². The molecule has 1 aliphatic heterocycles. The van der Waals surface area contributed by atoms with Crippen molar-refractivity contribution >= 4 is 0 Å². The Morgan fingerprint density at radius 2 is 2.08 bits per heavy atom. The van der Waals surface area contributed by atoms with Gasteiger partial charge in [0.1, 0.15) is 5.60 Å².